The van der Waals surface area contributed by atoms with E-state index in [1.54, 1.807) is 0 Å². The van der Waals surface area contributed by atoms with Crippen LogP contribution in [0.1, 0.15) is 17.0 Å². The highest BCUT2D eigenvalue weighted by Crippen LogP contribution is 2.31. The molecule has 1 unspecified atom stereocenters. The van der Waals surface area contributed by atoms with Crippen LogP contribution in [0.2, 0.25) is 0 Å². The van der Waals surface area contributed by atoms with Gasteiger partial charge in [0.05, 0.1) is 12.9 Å². The Morgan fingerprint density at radius 3 is 2.00 bits per heavy atom. The Morgan fingerprint density at radius 2 is 1.50 bits per heavy atom. The molecule has 0 heterocycles. The molecule has 2 nitrogen and oxygen atoms in total. The van der Waals surface area contributed by atoms with Crippen molar-refractivity contribution in [2.75, 3.05) is 6.61 Å². The molecule has 0 aliphatic rings. The standard InChI is InChI=1S/C16H16O2/c17-11-15(13-7-3-1-4-8-13)16(12-18)14-9-5-2-6-10-14/h1-11,16-18H,12H2/b15-11+. The van der Waals surface area contributed by atoms with Gasteiger partial charge >= 0.3 is 0 Å². The van der Waals surface area contributed by atoms with Crippen LogP contribution in [0.15, 0.2) is 66.9 Å². The summed E-state index contributed by atoms with van der Waals surface area (Å²) in [6.45, 7) is -0.0364. The molecule has 2 aromatic carbocycles. The Balaban J connectivity index is 2.38. The lowest BCUT2D eigenvalue weighted by molar-refractivity contribution is 0.285. The fourth-order valence-electron chi connectivity index (χ4n) is 2.06. The van der Waals surface area contributed by atoms with Crippen LogP contribution >= 0.6 is 0 Å². The largest absolute Gasteiger partial charge is 0.515 e. The van der Waals surface area contributed by atoms with Crippen molar-refractivity contribution in [1.82, 2.24) is 0 Å². The van der Waals surface area contributed by atoms with Gasteiger partial charge in [-0.2, -0.15) is 0 Å². The van der Waals surface area contributed by atoms with E-state index < -0.39 is 0 Å². The van der Waals surface area contributed by atoms with Crippen molar-refractivity contribution in [3.8, 4) is 0 Å². The molecule has 2 heteroatoms. The van der Waals surface area contributed by atoms with E-state index in [1.807, 2.05) is 60.7 Å². The first-order valence-electron chi connectivity index (χ1n) is 5.92. The summed E-state index contributed by atoms with van der Waals surface area (Å²) >= 11 is 0. The van der Waals surface area contributed by atoms with E-state index in [0.29, 0.717) is 0 Å². The topological polar surface area (TPSA) is 40.5 Å². The lowest BCUT2D eigenvalue weighted by Crippen LogP contribution is -2.07. The average Bonchev–Trinajstić information content (AvgIpc) is 2.46. The molecule has 0 amide bonds. The zero-order valence-corrected chi connectivity index (χ0v) is 10.0. The highest BCUT2D eigenvalue weighted by molar-refractivity contribution is 5.70. The van der Waals surface area contributed by atoms with Crippen molar-refractivity contribution in [1.29, 1.82) is 0 Å². The fraction of sp³-hybridized carbons (Fsp3) is 0.125. The van der Waals surface area contributed by atoms with E-state index in [0.717, 1.165) is 23.0 Å². The third-order valence-electron chi connectivity index (χ3n) is 3.01. The number of benzene rings is 2. The Bertz CT molecular complexity index is 503. The molecule has 0 spiro atoms. The number of hydrogen-bond donors (Lipinski definition) is 2. The third kappa shape index (κ3) is 2.60. The predicted molar refractivity (Wildman–Crippen MR) is 73.3 cm³/mol. The number of aliphatic hydroxyl groups excluding tert-OH is 2. The van der Waals surface area contributed by atoms with Crippen LogP contribution in [0.3, 0.4) is 0 Å². The maximum absolute atomic E-state index is 9.59. The Labute approximate surface area is 107 Å². The molecular formula is C16H16O2. The Kier molecular flexibility index (Phi) is 4.15. The van der Waals surface area contributed by atoms with Crippen LogP contribution in [-0.4, -0.2) is 16.8 Å². The van der Waals surface area contributed by atoms with Crippen molar-refractivity contribution in [2.45, 2.75) is 5.92 Å². The van der Waals surface area contributed by atoms with Crippen LogP contribution < -0.4 is 0 Å². The zero-order valence-electron chi connectivity index (χ0n) is 10.0. The second-order valence-corrected chi connectivity index (χ2v) is 4.10. The first kappa shape index (κ1) is 12.4. The predicted octanol–water partition coefficient (Wildman–Crippen LogP) is 3.36. The summed E-state index contributed by atoms with van der Waals surface area (Å²) in [7, 11) is 0. The van der Waals surface area contributed by atoms with E-state index in [4.69, 9.17) is 0 Å². The van der Waals surface area contributed by atoms with Crippen LogP contribution in [0.5, 0.6) is 0 Å². The number of rotatable bonds is 4. The average molecular weight is 240 g/mol. The first-order chi connectivity index (χ1) is 8.86. The monoisotopic (exact) mass is 240 g/mol. The molecule has 2 N–H and O–H groups in total. The summed E-state index contributed by atoms with van der Waals surface area (Å²) in [6, 6.07) is 19.3. The second kappa shape index (κ2) is 6.03. The van der Waals surface area contributed by atoms with Crippen molar-refractivity contribution >= 4 is 5.57 Å². The van der Waals surface area contributed by atoms with Gasteiger partial charge in [0.15, 0.2) is 0 Å². The summed E-state index contributed by atoms with van der Waals surface area (Å²) in [6.07, 6.45) is 1.09. The zero-order chi connectivity index (χ0) is 12.8. The maximum atomic E-state index is 9.59. The quantitative estimate of drug-likeness (QED) is 0.804. The van der Waals surface area contributed by atoms with Crippen LogP contribution in [0.4, 0.5) is 0 Å². The molecule has 0 fully saturated rings. The van der Waals surface area contributed by atoms with Gasteiger partial charge in [-0.1, -0.05) is 60.7 Å². The van der Waals surface area contributed by atoms with Gasteiger partial charge in [-0.05, 0) is 11.1 Å². The minimum absolute atomic E-state index is 0.0364. The maximum Gasteiger partial charge on any atom is 0.0836 e. The summed E-state index contributed by atoms with van der Waals surface area (Å²) in [5, 5.41) is 19.1. The summed E-state index contributed by atoms with van der Waals surface area (Å²) in [5.74, 6) is -0.210. The summed E-state index contributed by atoms with van der Waals surface area (Å²) in [5.41, 5.74) is 2.64. The second-order valence-electron chi connectivity index (χ2n) is 4.10. The van der Waals surface area contributed by atoms with Gasteiger partial charge in [-0.3, -0.25) is 0 Å². The van der Waals surface area contributed by atoms with E-state index in [9.17, 15) is 10.2 Å². The van der Waals surface area contributed by atoms with E-state index in [2.05, 4.69) is 0 Å². The molecule has 0 aromatic heterocycles. The smallest absolute Gasteiger partial charge is 0.0836 e. The molecule has 0 aliphatic heterocycles. The molecule has 0 bridgehead atoms. The third-order valence-corrected chi connectivity index (χ3v) is 3.01. The van der Waals surface area contributed by atoms with Gasteiger partial charge in [0.25, 0.3) is 0 Å². The fourth-order valence-corrected chi connectivity index (χ4v) is 2.06. The van der Waals surface area contributed by atoms with Crippen LogP contribution in [-0.2, 0) is 0 Å². The highest BCUT2D eigenvalue weighted by Gasteiger charge is 2.17. The minimum atomic E-state index is -0.210. The lowest BCUT2D eigenvalue weighted by atomic mass is 9.88. The van der Waals surface area contributed by atoms with Crippen LogP contribution in [0.25, 0.3) is 5.57 Å². The molecule has 2 rings (SSSR count). The molecule has 18 heavy (non-hydrogen) atoms. The number of hydrogen-bond acceptors (Lipinski definition) is 2. The van der Waals surface area contributed by atoms with E-state index in [-0.39, 0.29) is 12.5 Å². The molecule has 0 saturated carbocycles. The molecule has 1 atom stereocenters. The molecule has 0 aliphatic carbocycles. The van der Waals surface area contributed by atoms with Crippen molar-refractivity contribution in [3.63, 3.8) is 0 Å². The van der Waals surface area contributed by atoms with Gasteiger partial charge < -0.3 is 10.2 Å². The first-order valence-corrected chi connectivity index (χ1v) is 5.92. The van der Waals surface area contributed by atoms with Gasteiger partial charge in [0.1, 0.15) is 0 Å². The van der Waals surface area contributed by atoms with Crippen molar-refractivity contribution < 1.29 is 10.2 Å². The minimum Gasteiger partial charge on any atom is -0.515 e. The van der Waals surface area contributed by atoms with Gasteiger partial charge in [0, 0.05) is 11.5 Å². The molecule has 0 radical (unpaired) electrons. The van der Waals surface area contributed by atoms with E-state index in [1.165, 1.54) is 0 Å². The molecule has 92 valence electrons. The van der Waals surface area contributed by atoms with Crippen molar-refractivity contribution in [2.24, 2.45) is 0 Å². The Morgan fingerprint density at radius 1 is 0.944 bits per heavy atom. The summed E-state index contributed by atoms with van der Waals surface area (Å²) in [4.78, 5) is 0. The van der Waals surface area contributed by atoms with E-state index >= 15 is 0 Å². The molecule has 2 aromatic rings. The summed E-state index contributed by atoms with van der Waals surface area (Å²) < 4.78 is 0. The molecule has 0 saturated heterocycles. The van der Waals surface area contributed by atoms with Gasteiger partial charge in [-0.25, -0.2) is 0 Å². The Hall–Kier alpha value is -2.06. The lowest BCUT2D eigenvalue weighted by Gasteiger charge is -2.18. The van der Waals surface area contributed by atoms with Gasteiger partial charge in [0.2, 0.25) is 0 Å². The van der Waals surface area contributed by atoms with Crippen molar-refractivity contribution in [3.05, 3.63) is 78.1 Å². The normalized spacial score (nSPS) is 13.3. The highest BCUT2D eigenvalue weighted by atomic mass is 16.3. The number of aliphatic hydroxyl groups is 2. The van der Waals surface area contributed by atoms with Gasteiger partial charge in [-0.15, -0.1) is 0 Å². The SMILES string of the molecule is O/C=C(\c1ccccc1)C(CO)c1ccccc1. The molecular weight excluding hydrogens is 224 g/mol. The van der Waals surface area contributed by atoms with Crippen LogP contribution in [0, 0.1) is 0 Å².